The molecular formula is C18H14N2O. The average molecular weight is 274 g/mol. The third-order valence-corrected chi connectivity index (χ3v) is 3.78. The third kappa shape index (κ3) is 2.26. The van der Waals surface area contributed by atoms with E-state index in [-0.39, 0.29) is 0 Å². The minimum absolute atomic E-state index is 0.580. The lowest BCUT2D eigenvalue weighted by molar-refractivity contribution is 0.104. The van der Waals surface area contributed by atoms with E-state index in [1.807, 2.05) is 24.3 Å². The van der Waals surface area contributed by atoms with Crippen LogP contribution in [0.5, 0.6) is 0 Å². The van der Waals surface area contributed by atoms with Gasteiger partial charge in [-0.15, -0.1) is 0 Å². The van der Waals surface area contributed by atoms with Gasteiger partial charge in [0.2, 0.25) is 0 Å². The largest absolute Gasteiger partial charge is 0.381 e. The van der Waals surface area contributed by atoms with E-state index < -0.39 is 5.60 Å². The van der Waals surface area contributed by atoms with Crippen LogP contribution in [0.2, 0.25) is 0 Å². The fourth-order valence-electron chi connectivity index (χ4n) is 2.57. The molecule has 3 nitrogen and oxygen atoms in total. The van der Waals surface area contributed by atoms with Crippen LogP contribution < -0.4 is 0 Å². The first-order valence-corrected chi connectivity index (χ1v) is 6.69. The molecular weight excluding hydrogens is 260 g/mol. The van der Waals surface area contributed by atoms with Gasteiger partial charge in [-0.25, -0.2) is 0 Å². The van der Waals surface area contributed by atoms with Crippen molar-refractivity contribution in [3.63, 3.8) is 0 Å². The molecule has 0 saturated heterocycles. The van der Waals surface area contributed by atoms with E-state index >= 15 is 0 Å². The molecule has 3 heteroatoms. The minimum Gasteiger partial charge on any atom is -0.381 e. The highest BCUT2D eigenvalue weighted by molar-refractivity contribution is 5.86. The second-order valence-electron chi connectivity index (χ2n) is 5.16. The van der Waals surface area contributed by atoms with Gasteiger partial charge >= 0.3 is 0 Å². The molecule has 0 fully saturated rings. The predicted octanol–water partition coefficient (Wildman–Crippen LogP) is 3.36. The maximum absolute atomic E-state index is 11.0. The Balaban J connectivity index is 2.17. The van der Waals surface area contributed by atoms with Crippen LogP contribution in [0.25, 0.3) is 10.8 Å². The summed E-state index contributed by atoms with van der Waals surface area (Å²) in [6.07, 6.45) is 3.51. The summed E-state index contributed by atoms with van der Waals surface area (Å²) in [7, 11) is 0. The zero-order valence-electron chi connectivity index (χ0n) is 11.6. The van der Waals surface area contributed by atoms with Crippen molar-refractivity contribution in [2.75, 3.05) is 0 Å². The lowest BCUT2D eigenvalue weighted by Gasteiger charge is -2.26. The first-order chi connectivity index (χ1) is 10.1. The Hall–Kier alpha value is -2.70. The van der Waals surface area contributed by atoms with Crippen LogP contribution in [0.3, 0.4) is 0 Å². The summed E-state index contributed by atoms with van der Waals surface area (Å²) < 4.78 is 0. The number of aliphatic hydroxyl groups is 1. The number of aromatic nitrogens is 1. The van der Waals surface area contributed by atoms with Crippen molar-refractivity contribution in [1.82, 2.24) is 4.98 Å². The van der Waals surface area contributed by atoms with Crippen molar-refractivity contribution < 1.29 is 5.11 Å². The highest BCUT2D eigenvalue weighted by atomic mass is 16.3. The molecule has 1 atom stereocenters. The fraction of sp³-hybridized carbons (Fsp3) is 0.111. The molecule has 0 bridgehead atoms. The smallest absolute Gasteiger partial charge is 0.112 e. The van der Waals surface area contributed by atoms with Gasteiger partial charge in [0.25, 0.3) is 0 Å². The molecule has 2 aromatic carbocycles. The molecule has 0 aliphatic carbocycles. The number of benzene rings is 2. The highest BCUT2D eigenvalue weighted by Crippen LogP contribution is 2.33. The lowest BCUT2D eigenvalue weighted by atomic mass is 9.85. The fourth-order valence-corrected chi connectivity index (χ4v) is 2.57. The molecule has 0 spiro atoms. The molecule has 1 heterocycles. The van der Waals surface area contributed by atoms with Crippen LogP contribution in [-0.2, 0) is 5.60 Å². The average Bonchev–Trinajstić information content (AvgIpc) is 2.54. The van der Waals surface area contributed by atoms with Crippen LogP contribution in [0.4, 0.5) is 0 Å². The summed E-state index contributed by atoms with van der Waals surface area (Å²) in [5.41, 5.74) is 1.03. The lowest BCUT2D eigenvalue weighted by Crippen LogP contribution is -2.23. The van der Waals surface area contributed by atoms with Gasteiger partial charge in [0.15, 0.2) is 0 Å². The topological polar surface area (TPSA) is 56.9 Å². The SMILES string of the molecule is CC(O)(c1ccc(C#N)cc1)c1cccc2cnccc12. The number of rotatable bonds is 2. The Morgan fingerprint density at radius 1 is 1.10 bits per heavy atom. The summed E-state index contributed by atoms with van der Waals surface area (Å²) in [5.74, 6) is 0. The number of hydrogen-bond acceptors (Lipinski definition) is 3. The Morgan fingerprint density at radius 3 is 2.57 bits per heavy atom. The number of nitriles is 1. The van der Waals surface area contributed by atoms with E-state index in [4.69, 9.17) is 5.26 Å². The van der Waals surface area contributed by atoms with Crippen LogP contribution in [0.15, 0.2) is 60.9 Å². The summed E-state index contributed by atoms with van der Waals surface area (Å²) in [4.78, 5) is 4.11. The Kier molecular flexibility index (Phi) is 3.17. The first-order valence-electron chi connectivity index (χ1n) is 6.69. The van der Waals surface area contributed by atoms with Gasteiger partial charge < -0.3 is 5.11 Å². The van der Waals surface area contributed by atoms with E-state index in [0.717, 1.165) is 21.9 Å². The van der Waals surface area contributed by atoms with Gasteiger partial charge in [-0.2, -0.15) is 5.26 Å². The summed E-state index contributed by atoms with van der Waals surface area (Å²) in [5, 5.41) is 21.8. The second kappa shape index (κ2) is 5.01. The van der Waals surface area contributed by atoms with Crippen molar-refractivity contribution in [1.29, 1.82) is 5.26 Å². The standard InChI is InChI=1S/C18H14N2O/c1-18(21,15-7-5-13(11-19)6-8-15)17-4-2-3-14-12-20-10-9-16(14)17/h2-10,12,21H,1H3. The number of pyridine rings is 1. The zero-order chi connectivity index (χ0) is 14.9. The molecule has 1 aromatic heterocycles. The Morgan fingerprint density at radius 2 is 1.86 bits per heavy atom. The maximum atomic E-state index is 11.0. The van der Waals surface area contributed by atoms with Gasteiger partial charge in [-0.1, -0.05) is 30.3 Å². The van der Waals surface area contributed by atoms with E-state index in [1.54, 1.807) is 43.6 Å². The van der Waals surface area contributed by atoms with Gasteiger partial charge in [0, 0.05) is 17.8 Å². The van der Waals surface area contributed by atoms with E-state index in [1.165, 1.54) is 0 Å². The maximum Gasteiger partial charge on any atom is 0.112 e. The van der Waals surface area contributed by atoms with Crippen molar-refractivity contribution >= 4 is 10.8 Å². The molecule has 3 aromatic rings. The predicted molar refractivity (Wildman–Crippen MR) is 81.6 cm³/mol. The summed E-state index contributed by atoms with van der Waals surface area (Å²) in [6.45, 7) is 1.77. The van der Waals surface area contributed by atoms with Crippen molar-refractivity contribution in [2.45, 2.75) is 12.5 Å². The second-order valence-corrected chi connectivity index (χ2v) is 5.16. The van der Waals surface area contributed by atoms with E-state index in [9.17, 15) is 5.11 Å². The van der Waals surface area contributed by atoms with Gasteiger partial charge in [0.05, 0.1) is 11.6 Å². The van der Waals surface area contributed by atoms with E-state index in [2.05, 4.69) is 11.1 Å². The number of hydrogen-bond donors (Lipinski definition) is 1. The molecule has 0 aliphatic heterocycles. The molecule has 0 amide bonds. The summed E-state index contributed by atoms with van der Waals surface area (Å²) in [6, 6.07) is 16.8. The monoisotopic (exact) mass is 274 g/mol. The molecule has 1 unspecified atom stereocenters. The van der Waals surface area contributed by atoms with Crippen LogP contribution in [0.1, 0.15) is 23.6 Å². The third-order valence-electron chi connectivity index (χ3n) is 3.78. The molecule has 0 radical (unpaired) electrons. The molecule has 21 heavy (non-hydrogen) atoms. The first kappa shape index (κ1) is 13.3. The minimum atomic E-state index is -1.13. The van der Waals surface area contributed by atoms with Gasteiger partial charge in [0.1, 0.15) is 5.60 Å². The molecule has 1 N–H and O–H groups in total. The highest BCUT2D eigenvalue weighted by Gasteiger charge is 2.27. The Labute approximate surface area is 123 Å². The Bertz CT molecular complexity index is 824. The van der Waals surface area contributed by atoms with Crippen molar-refractivity contribution in [3.05, 3.63) is 77.6 Å². The normalized spacial score (nSPS) is 13.6. The van der Waals surface area contributed by atoms with Gasteiger partial charge in [-0.3, -0.25) is 4.98 Å². The quantitative estimate of drug-likeness (QED) is 0.779. The number of nitrogens with zero attached hydrogens (tertiary/aromatic N) is 2. The molecule has 0 aliphatic rings. The van der Waals surface area contributed by atoms with Crippen molar-refractivity contribution in [2.24, 2.45) is 0 Å². The van der Waals surface area contributed by atoms with E-state index in [0.29, 0.717) is 5.56 Å². The molecule has 102 valence electrons. The van der Waals surface area contributed by atoms with Crippen LogP contribution in [-0.4, -0.2) is 10.1 Å². The number of fused-ring (bicyclic) bond motifs is 1. The van der Waals surface area contributed by atoms with Gasteiger partial charge in [-0.05, 0) is 41.6 Å². The van der Waals surface area contributed by atoms with Crippen LogP contribution in [0, 0.1) is 11.3 Å². The summed E-state index contributed by atoms with van der Waals surface area (Å²) >= 11 is 0. The van der Waals surface area contributed by atoms with Crippen LogP contribution >= 0.6 is 0 Å². The van der Waals surface area contributed by atoms with Crippen molar-refractivity contribution in [3.8, 4) is 6.07 Å². The molecule has 0 saturated carbocycles. The zero-order valence-corrected chi connectivity index (χ0v) is 11.6. The molecule has 3 rings (SSSR count).